The lowest BCUT2D eigenvalue weighted by Crippen LogP contribution is -2.23. The number of benzene rings is 1. The highest BCUT2D eigenvalue weighted by Crippen LogP contribution is 2.32. The van der Waals surface area contributed by atoms with E-state index in [0.29, 0.717) is 28.9 Å². The predicted octanol–water partition coefficient (Wildman–Crippen LogP) is 4.14. The summed E-state index contributed by atoms with van der Waals surface area (Å²) in [5.41, 5.74) is 2.70. The average Bonchev–Trinajstić information content (AvgIpc) is 3.20. The van der Waals surface area contributed by atoms with Crippen molar-refractivity contribution in [1.29, 1.82) is 0 Å². The van der Waals surface area contributed by atoms with E-state index in [0.717, 1.165) is 30.8 Å². The van der Waals surface area contributed by atoms with Crippen LogP contribution in [0.25, 0.3) is 11.5 Å². The molecule has 3 heterocycles. The smallest absolute Gasteiger partial charge is 0.247 e. The van der Waals surface area contributed by atoms with E-state index in [4.69, 9.17) is 4.42 Å². The highest BCUT2D eigenvalue weighted by molar-refractivity contribution is 7.98. The largest absolute Gasteiger partial charge is 0.421 e. The topological polar surface area (TPSA) is 85.0 Å². The Kier molecular flexibility index (Phi) is 5.62. The number of carbonyl (C=O) groups is 1. The van der Waals surface area contributed by atoms with E-state index in [1.165, 1.54) is 17.3 Å². The maximum absolute atomic E-state index is 12.9. The third-order valence-electron chi connectivity index (χ3n) is 5.25. The van der Waals surface area contributed by atoms with Gasteiger partial charge in [0.25, 0.3) is 0 Å². The molecule has 0 saturated carbocycles. The first-order chi connectivity index (χ1) is 14.0. The van der Waals surface area contributed by atoms with Crippen molar-refractivity contribution < 1.29 is 9.21 Å². The molecular weight excluding hydrogens is 386 g/mol. The van der Waals surface area contributed by atoms with Gasteiger partial charge in [-0.2, -0.15) is 0 Å². The van der Waals surface area contributed by atoms with Crippen LogP contribution in [0.3, 0.4) is 0 Å². The number of aromatic nitrogens is 4. The molecule has 0 N–H and O–H groups in total. The minimum Gasteiger partial charge on any atom is -0.421 e. The molecule has 0 bridgehead atoms. The van der Waals surface area contributed by atoms with Gasteiger partial charge in [0.05, 0.1) is 5.56 Å². The number of carbonyl (C=O) groups excluding carboxylic acids is 1. The molecule has 0 fully saturated rings. The highest BCUT2D eigenvalue weighted by Gasteiger charge is 2.24. The van der Waals surface area contributed by atoms with E-state index in [1.807, 2.05) is 25.4 Å². The molecule has 0 aliphatic carbocycles. The van der Waals surface area contributed by atoms with E-state index in [1.54, 1.807) is 13.1 Å². The quantitative estimate of drug-likeness (QED) is 0.471. The normalized spacial score (nSPS) is 17.4. The lowest BCUT2D eigenvalue weighted by atomic mass is 9.89. The van der Waals surface area contributed by atoms with Crippen molar-refractivity contribution >= 4 is 23.4 Å². The summed E-state index contributed by atoms with van der Waals surface area (Å²) in [5.74, 6) is 2.14. The number of aryl methyl sites for hydroxylation is 1. The standard InChI is InChI=1S/C21H23N5O2S/c1-13-24-25-20(28-13)16-6-4-5-15(11-16)14-7-8-18(27)17-12-22-21(29-3)23-19(17)26(2)10-9-14/h4-6,11-12,14H,7-10H2,1-3H3. The van der Waals surface area contributed by atoms with Gasteiger partial charge in [-0.3, -0.25) is 4.79 Å². The van der Waals surface area contributed by atoms with Crippen LogP contribution in [0, 0.1) is 6.92 Å². The van der Waals surface area contributed by atoms with E-state index >= 15 is 0 Å². The lowest BCUT2D eigenvalue weighted by Gasteiger charge is -2.22. The van der Waals surface area contributed by atoms with Gasteiger partial charge in [0.2, 0.25) is 11.8 Å². The molecule has 0 amide bonds. The SMILES string of the molecule is CSc1ncc2c(n1)N(C)CCC(c1cccc(-c3nnc(C)o3)c1)CCC2=O. The summed E-state index contributed by atoms with van der Waals surface area (Å²) in [6, 6.07) is 8.18. The van der Waals surface area contributed by atoms with Gasteiger partial charge in [0.15, 0.2) is 10.9 Å². The number of rotatable bonds is 3. The third kappa shape index (κ3) is 4.17. The van der Waals surface area contributed by atoms with Crippen LogP contribution in [-0.4, -0.2) is 45.8 Å². The Morgan fingerprint density at radius 1 is 1.24 bits per heavy atom. The fourth-order valence-electron chi connectivity index (χ4n) is 3.66. The van der Waals surface area contributed by atoms with Crippen molar-refractivity contribution in [2.45, 2.75) is 37.3 Å². The Hall–Kier alpha value is -2.74. The summed E-state index contributed by atoms with van der Waals surface area (Å²) in [6.45, 7) is 2.59. The number of thioether (sulfide) groups is 1. The minimum atomic E-state index is 0.0927. The van der Waals surface area contributed by atoms with E-state index in [-0.39, 0.29) is 11.7 Å². The van der Waals surface area contributed by atoms with Gasteiger partial charge >= 0.3 is 0 Å². The highest BCUT2D eigenvalue weighted by atomic mass is 32.2. The second-order valence-corrected chi connectivity index (χ2v) is 7.99. The summed E-state index contributed by atoms with van der Waals surface area (Å²) in [6.07, 6.45) is 5.78. The van der Waals surface area contributed by atoms with E-state index < -0.39 is 0 Å². The second kappa shape index (κ2) is 8.32. The summed E-state index contributed by atoms with van der Waals surface area (Å²) in [7, 11) is 1.99. The monoisotopic (exact) mass is 409 g/mol. The molecule has 0 spiro atoms. The fourth-order valence-corrected chi connectivity index (χ4v) is 3.99. The summed E-state index contributed by atoms with van der Waals surface area (Å²) in [5, 5.41) is 8.72. The molecule has 150 valence electrons. The van der Waals surface area contributed by atoms with Crippen LogP contribution < -0.4 is 4.90 Å². The number of ketones is 1. The number of nitrogens with zero attached hydrogens (tertiary/aromatic N) is 5. The first-order valence-electron chi connectivity index (χ1n) is 9.61. The molecule has 3 aromatic rings. The number of Topliss-reactive ketones (excluding diaryl/α,β-unsaturated/α-hetero) is 1. The molecule has 1 aliphatic heterocycles. The van der Waals surface area contributed by atoms with Crippen LogP contribution in [-0.2, 0) is 0 Å². The molecule has 1 atom stereocenters. The van der Waals surface area contributed by atoms with Crippen LogP contribution in [0.4, 0.5) is 5.82 Å². The van der Waals surface area contributed by atoms with Gasteiger partial charge in [-0.25, -0.2) is 9.97 Å². The maximum Gasteiger partial charge on any atom is 0.247 e. The Morgan fingerprint density at radius 3 is 2.86 bits per heavy atom. The van der Waals surface area contributed by atoms with Crippen LogP contribution in [0.1, 0.15) is 47.0 Å². The van der Waals surface area contributed by atoms with Crippen LogP contribution in [0.5, 0.6) is 0 Å². The molecule has 8 heteroatoms. The van der Waals surface area contributed by atoms with Crippen molar-refractivity contribution in [3.8, 4) is 11.5 Å². The number of anilines is 1. The zero-order chi connectivity index (χ0) is 20.4. The van der Waals surface area contributed by atoms with Gasteiger partial charge in [-0.05, 0) is 42.7 Å². The van der Waals surface area contributed by atoms with Gasteiger partial charge < -0.3 is 9.32 Å². The third-order valence-corrected chi connectivity index (χ3v) is 5.82. The molecular formula is C21H23N5O2S. The number of fused-ring (bicyclic) bond motifs is 1. The van der Waals surface area contributed by atoms with Gasteiger partial charge in [-0.1, -0.05) is 23.9 Å². The molecule has 1 aliphatic rings. The van der Waals surface area contributed by atoms with Gasteiger partial charge in [-0.15, -0.1) is 10.2 Å². The first-order valence-corrected chi connectivity index (χ1v) is 10.8. The molecule has 29 heavy (non-hydrogen) atoms. The zero-order valence-corrected chi connectivity index (χ0v) is 17.6. The lowest BCUT2D eigenvalue weighted by molar-refractivity contribution is 0.0977. The molecule has 0 saturated heterocycles. The van der Waals surface area contributed by atoms with Crippen LogP contribution in [0.2, 0.25) is 0 Å². The van der Waals surface area contributed by atoms with Crippen LogP contribution >= 0.6 is 11.8 Å². The van der Waals surface area contributed by atoms with E-state index in [2.05, 4.69) is 37.2 Å². The Morgan fingerprint density at radius 2 is 2.10 bits per heavy atom. The Bertz CT molecular complexity index is 1040. The first kappa shape index (κ1) is 19.6. The molecule has 7 nitrogen and oxygen atoms in total. The number of hydrogen-bond donors (Lipinski definition) is 0. The van der Waals surface area contributed by atoms with E-state index in [9.17, 15) is 4.79 Å². The van der Waals surface area contributed by atoms with Crippen molar-refractivity contribution in [1.82, 2.24) is 20.2 Å². The summed E-state index contributed by atoms with van der Waals surface area (Å²) in [4.78, 5) is 23.8. The minimum absolute atomic E-state index is 0.0927. The Labute approximate surface area is 174 Å². The second-order valence-electron chi connectivity index (χ2n) is 7.21. The van der Waals surface area contributed by atoms with Crippen molar-refractivity contribution in [2.24, 2.45) is 0 Å². The molecule has 1 aromatic carbocycles. The van der Waals surface area contributed by atoms with Crippen molar-refractivity contribution in [3.05, 3.63) is 47.5 Å². The van der Waals surface area contributed by atoms with Gasteiger partial charge in [0, 0.05) is 38.7 Å². The molecule has 1 unspecified atom stereocenters. The Balaban J connectivity index is 1.61. The van der Waals surface area contributed by atoms with Crippen molar-refractivity contribution in [3.63, 3.8) is 0 Å². The maximum atomic E-state index is 12.9. The summed E-state index contributed by atoms with van der Waals surface area (Å²) < 4.78 is 5.57. The number of hydrogen-bond acceptors (Lipinski definition) is 8. The fraction of sp³-hybridized carbons (Fsp3) is 0.381. The van der Waals surface area contributed by atoms with Crippen molar-refractivity contribution in [2.75, 3.05) is 24.7 Å². The average molecular weight is 410 g/mol. The zero-order valence-electron chi connectivity index (χ0n) is 16.8. The molecule has 0 radical (unpaired) electrons. The van der Waals surface area contributed by atoms with Gasteiger partial charge in [0.1, 0.15) is 5.82 Å². The van der Waals surface area contributed by atoms with Crippen LogP contribution in [0.15, 0.2) is 40.0 Å². The molecule has 4 rings (SSSR count). The summed E-state index contributed by atoms with van der Waals surface area (Å²) >= 11 is 1.48. The molecule has 2 aromatic heterocycles. The predicted molar refractivity (Wildman–Crippen MR) is 112 cm³/mol.